The zero-order valence-corrected chi connectivity index (χ0v) is 30.3. The molecule has 1 aliphatic carbocycles. The van der Waals surface area contributed by atoms with Crippen LogP contribution in [0.25, 0.3) is 33.2 Å². The lowest BCUT2D eigenvalue weighted by atomic mass is 9.94. The highest BCUT2D eigenvalue weighted by Crippen LogP contribution is 2.46. The van der Waals surface area contributed by atoms with E-state index in [2.05, 4.69) is 26.4 Å². The highest BCUT2D eigenvalue weighted by atomic mass is 35.5. The zero-order valence-electron chi connectivity index (χ0n) is 28.8. The number of aryl methyl sites for hydroxylation is 2. The molecule has 5 aromatic rings. The van der Waals surface area contributed by atoms with Crippen molar-refractivity contribution in [2.24, 2.45) is 13.0 Å². The fraction of sp³-hybridized carbons (Fsp3) is 0.342. The van der Waals surface area contributed by atoms with Crippen molar-refractivity contribution in [1.82, 2.24) is 24.6 Å². The average molecular weight is 750 g/mol. The molecule has 14 heteroatoms. The van der Waals surface area contributed by atoms with Gasteiger partial charge in [-0.25, -0.2) is 23.4 Å². The molecule has 3 aromatic heterocycles. The van der Waals surface area contributed by atoms with Crippen LogP contribution >= 0.6 is 23.2 Å². The van der Waals surface area contributed by atoms with Crippen LogP contribution in [-0.4, -0.2) is 57.4 Å². The maximum atomic E-state index is 13.8. The predicted octanol–water partition coefficient (Wildman–Crippen LogP) is 8.32. The lowest BCUT2D eigenvalue weighted by molar-refractivity contribution is -0.149. The predicted molar refractivity (Wildman–Crippen MR) is 197 cm³/mol. The van der Waals surface area contributed by atoms with Crippen molar-refractivity contribution in [2.45, 2.75) is 45.1 Å². The number of alkyl halides is 2. The van der Waals surface area contributed by atoms with Crippen LogP contribution in [0, 0.1) is 5.92 Å². The number of benzene rings is 2. The third-order valence-electron chi connectivity index (χ3n) is 9.90. The molecule has 1 fully saturated rings. The topological polar surface area (TPSA) is 111 Å². The van der Waals surface area contributed by atoms with Gasteiger partial charge in [0.2, 0.25) is 5.88 Å². The third-order valence-corrected chi connectivity index (χ3v) is 10.7. The lowest BCUT2D eigenvalue weighted by Gasteiger charge is -2.35. The van der Waals surface area contributed by atoms with Gasteiger partial charge in [-0.15, -0.1) is 0 Å². The first-order chi connectivity index (χ1) is 25.1. The molecule has 0 saturated carbocycles. The van der Waals surface area contributed by atoms with Gasteiger partial charge < -0.3 is 14.8 Å². The zero-order chi connectivity index (χ0) is 36.7. The molecule has 2 aromatic carbocycles. The highest BCUT2D eigenvalue weighted by molar-refractivity contribution is 6.39. The molecule has 1 aliphatic heterocycles. The Morgan fingerprint density at radius 3 is 2.44 bits per heavy atom. The molecule has 4 heterocycles. The Balaban J connectivity index is 1.20. The van der Waals surface area contributed by atoms with Gasteiger partial charge in [-0.3, -0.25) is 14.5 Å². The molecular formula is C38H36Cl2F2N6O4. The molecule has 2 aliphatic rings. The summed E-state index contributed by atoms with van der Waals surface area (Å²) in [5, 5.41) is 7.98. The minimum atomic E-state index is -2.87. The Morgan fingerprint density at radius 2 is 1.73 bits per heavy atom. The Labute approximate surface area is 308 Å². The number of nitrogens with zero attached hydrogens (tertiary/aromatic N) is 5. The van der Waals surface area contributed by atoms with E-state index in [1.807, 2.05) is 25.1 Å². The second kappa shape index (κ2) is 14.8. The fourth-order valence-corrected chi connectivity index (χ4v) is 7.93. The van der Waals surface area contributed by atoms with E-state index >= 15 is 0 Å². The maximum absolute atomic E-state index is 13.8. The number of halogens is 4. The van der Waals surface area contributed by atoms with Gasteiger partial charge in [0.05, 0.1) is 52.6 Å². The number of methoxy groups -OCH3 is 1. The van der Waals surface area contributed by atoms with E-state index in [0.717, 1.165) is 60.6 Å². The number of hydrogen-bond donors (Lipinski definition) is 1. The number of ether oxygens (including phenoxy) is 2. The summed E-state index contributed by atoms with van der Waals surface area (Å²) < 4.78 is 39.9. The van der Waals surface area contributed by atoms with Crippen molar-refractivity contribution >= 4 is 51.4 Å². The number of nitrogens with one attached hydrogen (secondary N) is 1. The number of piperidine rings is 1. The first kappa shape index (κ1) is 35.7. The van der Waals surface area contributed by atoms with E-state index in [1.165, 1.54) is 13.2 Å². The first-order valence-electron chi connectivity index (χ1n) is 17.1. The number of pyridine rings is 2. The number of hydrogen-bond acceptors (Lipinski definition) is 9. The fourth-order valence-electron chi connectivity index (χ4n) is 7.33. The number of likely N-dealkylation sites (tertiary alicyclic amines) is 1. The van der Waals surface area contributed by atoms with Gasteiger partial charge in [0.1, 0.15) is 11.5 Å². The Kier molecular flexibility index (Phi) is 10.1. The first-order valence-corrected chi connectivity index (χ1v) is 17.8. The summed E-state index contributed by atoms with van der Waals surface area (Å²) in [4.78, 5) is 36.8. The van der Waals surface area contributed by atoms with E-state index in [1.54, 1.807) is 25.3 Å². The minimum Gasteiger partial charge on any atom is -0.481 e. The third kappa shape index (κ3) is 6.59. The van der Waals surface area contributed by atoms with Gasteiger partial charge >= 0.3 is 5.97 Å². The summed E-state index contributed by atoms with van der Waals surface area (Å²) in [6.07, 6.45) is 1.74. The van der Waals surface area contributed by atoms with Gasteiger partial charge in [0, 0.05) is 40.7 Å². The van der Waals surface area contributed by atoms with Crippen molar-refractivity contribution in [3.63, 3.8) is 0 Å². The number of carbonyl (C=O) groups excluding carboxylic acids is 1. The number of esters is 1. The van der Waals surface area contributed by atoms with Gasteiger partial charge in [-0.2, -0.15) is 5.10 Å². The van der Waals surface area contributed by atoms with E-state index in [4.69, 9.17) is 37.7 Å². The molecule has 1 N–H and O–H groups in total. The number of fused-ring (bicyclic) bond motifs is 2. The number of aromatic nitrogens is 4. The quantitative estimate of drug-likeness (QED) is 0.149. The normalized spacial score (nSPS) is 16.3. The molecule has 52 heavy (non-hydrogen) atoms. The SMILES string of the molecule is CCOC(=O)C1CCN(C2CCc3cc(-c4cccc(-c5cccc(Nc6nc(C(F)F)cc7cnn(C)c(=O)c67)c5Cl)c4Cl)nc(OC)c32)CC1. The molecule has 7 rings (SSSR count). The van der Waals surface area contributed by atoms with Gasteiger partial charge in [0.15, 0.2) is 0 Å². The summed E-state index contributed by atoms with van der Waals surface area (Å²) in [5.74, 6) is 0.293. The summed E-state index contributed by atoms with van der Waals surface area (Å²) in [6.45, 7) is 3.80. The number of carbonyl (C=O) groups is 1. The van der Waals surface area contributed by atoms with E-state index in [0.29, 0.717) is 45.6 Å². The van der Waals surface area contributed by atoms with Crippen molar-refractivity contribution in [2.75, 3.05) is 32.1 Å². The summed E-state index contributed by atoms with van der Waals surface area (Å²) in [6, 6.07) is 14.2. The smallest absolute Gasteiger partial charge is 0.309 e. The molecule has 10 nitrogen and oxygen atoms in total. The molecule has 0 radical (unpaired) electrons. The van der Waals surface area contributed by atoms with Gasteiger partial charge in [-0.05, 0) is 69.5 Å². The Bertz CT molecular complexity index is 2240. The minimum absolute atomic E-state index is 0.0641. The molecular weight excluding hydrogens is 713 g/mol. The molecule has 0 spiro atoms. The van der Waals surface area contributed by atoms with Gasteiger partial charge in [-0.1, -0.05) is 53.5 Å². The van der Waals surface area contributed by atoms with Crippen LogP contribution in [0.3, 0.4) is 0 Å². The van der Waals surface area contributed by atoms with E-state index in [9.17, 15) is 18.4 Å². The molecule has 0 amide bonds. The maximum Gasteiger partial charge on any atom is 0.309 e. The molecule has 1 unspecified atom stereocenters. The van der Waals surface area contributed by atoms with Crippen LogP contribution in [0.1, 0.15) is 55.5 Å². The molecule has 270 valence electrons. The largest absolute Gasteiger partial charge is 0.481 e. The van der Waals surface area contributed by atoms with Crippen molar-refractivity contribution < 1.29 is 23.0 Å². The summed E-state index contributed by atoms with van der Waals surface area (Å²) >= 11 is 14.1. The van der Waals surface area contributed by atoms with Crippen molar-refractivity contribution in [1.29, 1.82) is 0 Å². The Morgan fingerprint density at radius 1 is 1.02 bits per heavy atom. The van der Waals surface area contributed by atoms with E-state index < -0.39 is 17.7 Å². The number of rotatable bonds is 9. The molecule has 0 bridgehead atoms. The van der Waals surface area contributed by atoms with E-state index in [-0.39, 0.29) is 39.5 Å². The highest BCUT2D eigenvalue weighted by Gasteiger charge is 2.36. The standard InChI is InChI=1S/C38H36Cl2F2N6O4/c1-4-52-38(50)20-13-15-48(16-14-20)29-12-11-21-17-27(46-36(51-3)30(21)29)25-9-5-7-23(32(25)39)24-8-6-10-26(33(24)40)44-35-31-22(18-28(45-35)34(41)42)19-43-47(2)37(31)49/h5-10,17-20,29,34H,4,11-16H2,1-3H3,(H,44,45). The second-order valence-corrected chi connectivity index (χ2v) is 13.7. The second-order valence-electron chi connectivity index (χ2n) is 12.9. The molecule has 1 saturated heterocycles. The summed E-state index contributed by atoms with van der Waals surface area (Å²) in [7, 11) is 3.09. The van der Waals surface area contributed by atoms with Crippen LogP contribution in [0.4, 0.5) is 20.3 Å². The molecule has 1 atom stereocenters. The monoisotopic (exact) mass is 748 g/mol. The van der Waals surface area contributed by atoms with Crippen LogP contribution in [0.2, 0.25) is 10.0 Å². The van der Waals surface area contributed by atoms with Crippen LogP contribution in [-0.2, 0) is 23.0 Å². The van der Waals surface area contributed by atoms with Crippen molar-refractivity contribution in [3.05, 3.63) is 91.9 Å². The Hall–Kier alpha value is -4.65. The van der Waals surface area contributed by atoms with Crippen molar-refractivity contribution in [3.8, 4) is 28.3 Å². The lowest BCUT2D eigenvalue weighted by Crippen LogP contribution is -2.38. The van der Waals surface area contributed by atoms with Crippen LogP contribution < -0.4 is 15.6 Å². The van der Waals surface area contributed by atoms with Crippen LogP contribution in [0.15, 0.2) is 59.5 Å². The summed E-state index contributed by atoms with van der Waals surface area (Å²) in [5.41, 5.74) is 4.07. The van der Waals surface area contributed by atoms with Gasteiger partial charge in [0.25, 0.3) is 12.0 Å². The number of anilines is 2. The average Bonchev–Trinajstić information content (AvgIpc) is 3.58. The van der Waals surface area contributed by atoms with Crippen LogP contribution in [0.5, 0.6) is 5.88 Å².